The number of pyridine rings is 1. The van der Waals surface area contributed by atoms with Gasteiger partial charge in [0.2, 0.25) is 0 Å². The van der Waals surface area contributed by atoms with E-state index in [1.54, 1.807) is 32.7 Å². The number of aromatic nitrogens is 1. The van der Waals surface area contributed by atoms with E-state index in [9.17, 15) is 4.79 Å². The lowest BCUT2D eigenvalue weighted by Crippen LogP contribution is -2.03. The van der Waals surface area contributed by atoms with Crippen LogP contribution in [0, 0.1) is 0 Å². The van der Waals surface area contributed by atoms with Gasteiger partial charge in [-0.05, 0) is 29.3 Å². The minimum absolute atomic E-state index is 0.353. The molecule has 0 radical (unpaired) electrons. The average molecular weight is 257 g/mol. The van der Waals surface area contributed by atoms with Crippen LogP contribution in [0.1, 0.15) is 17.0 Å². The highest BCUT2D eigenvalue weighted by atomic mass is 16.5. The van der Waals surface area contributed by atoms with Gasteiger partial charge < -0.3 is 14.3 Å². The van der Waals surface area contributed by atoms with Crippen molar-refractivity contribution in [1.29, 1.82) is 0 Å². The lowest BCUT2D eigenvalue weighted by Gasteiger charge is -2.14. The predicted octanol–water partition coefficient (Wildman–Crippen LogP) is 2.43. The van der Waals surface area contributed by atoms with Crippen LogP contribution in [-0.2, 0) is 4.79 Å². The van der Waals surface area contributed by atoms with Gasteiger partial charge in [-0.15, -0.1) is 0 Å². The first kappa shape index (κ1) is 13.1. The summed E-state index contributed by atoms with van der Waals surface area (Å²) in [5, 5.41) is 0. The minimum atomic E-state index is -0.353. The van der Waals surface area contributed by atoms with Crippen molar-refractivity contribution in [1.82, 2.24) is 4.98 Å². The molecule has 0 aliphatic rings. The number of rotatable bonds is 5. The molecule has 1 atom stereocenters. The predicted molar refractivity (Wildman–Crippen MR) is 71.7 cm³/mol. The zero-order valence-corrected chi connectivity index (χ0v) is 10.9. The Bertz CT molecular complexity index is 555. The third kappa shape index (κ3) is 2.73. The fraction of sp³-hybridized carbons (Fsp3) is 0.200. The number of hydrogen-bond acceptors (Lipinski definition) is 4. The molecule has 0 spiro atoms. The maximum absolute atomic E-state index is 11.4. The standard InChI is InChI=1S/C15H15NO3/c1-18-14-6-5-11(8-15(14)19-2)13(10-17)12-4-3-7-16-9-12/h3-10,13H,1-2H3. The largest absolute Gasteiger partial charge is 0.493 e. The Morgan fingerprint density at radius 2 is 1.89 bits per heavy atom. The van der Waals surface area contributed by atoms with Crippen molar-refractivity contribution in [2.24, 2.45) is 0 Å². The molecule has 0 N–H and O–H groups in total. The molecule has 2 aromatic rings. The van der Waals surface area contributed by atoms with Gasteiger partial charge in [0.1, 0.15) is 6.29 Å². The maximum Gasteiger partial charge on any atom is 0.161 e. The summed E-state index contributed by atoms with van der Waals surface area (Å²) in [6, 6.07) is 9.15. The highest BCUT2D eigenvalue weighted by Crippen LogP contribution is 2.32. The second-order valence-corrected chi connectivity index (χ2v) is 4.01. The van der Waals surface area contributed by atoms with Crippen LogP contribution in [0.5, 0.6) is 11.5 Å². The molecule has 1 aromatic heterocycles. The van der Waals surface area contributed by atoms with Gasteiger partial charge in [0.25, 0.3) is 0 Å². The van der Waals surface area contributed by atoms with E-state index in [-0.39, 0.29) is 5.92 Å². The summed E-state index contributed by atoms with van der Waals surface area (Å²) in [6.07, 6.45) is 4.27. The topological polar surface area (TPSA) is 48.4 Å². The van der Waals surface area contributed by atoms with E-state index in [0.29, 0.717) is 11.5 Å². The number of ether oxygens (including phenoxy) is 2. The Balaban J connectivity index is 2.42. The van der Waals surface area contributed by atoms with Crippen LogP contribution in [0.4, 0.5) is 0 Å². The van der Waals surface area contributed by atoms with Gasteiger partial charge in [0.15, 0.2) is 11.5 Å². The van der Waals surface area contributed by atoms with Crippen LogP contribution in [0.15, 0.2) is 42.7 Å². The molecular weight excluding hydrogens is 242 g/mol. The third-order valence-corrected chi connectivity index (χ3v) is 2.95. The second-order valence-electron chi connectivity index (χ2n) is 4.01. The van der Waals surface area contributed by atoms with Crippen molar-refractivity contribution in [2.75, 3.05) is 14.2 Å². The molecule has 1 unspecified atom stereocenters. The molecule has 1 aromatic carbocycles. The molecule has 0 fully saturated rings. The molecule has 0 amide bonds. The fourth-order valence-electron chi connectivity index (χ4n) is 1.96. The van der Waals surface area contributed by atoms with Crippen LogP contribution in [0.2, 0.25) is 0 Å². The Morgan fingerprint density at radius 1 is 1.11 bits per heavy atom. The van der Waals surface area contributed by atoms with Gasteiger partial charge in [-0.3, -0.25) is 4.98 Å². The Morgan fingerprint density at radius 3 is 2.47 bits per heavy atom. The van der Waals surface area contributed by atoms with E-state index in [2.05, 4.69) is 4.98 Å². The lowest BCUT2D eigenvalue weighted by atomic mass is 9.93. The quantitative estimate of drug-likeness (QED) is 0.772. The summed E-state index contributed by atoms with van der Waals surface area (Å²) in [5.74, 6) is 0.895. The molecule has 4 nitrogen and oxygen atoms in total. The highest BCUT2D eigenvalue weighted by Gasteiger charge is 2.15. The summed E-state index contributed by atoms with van der Waals surface area (Å²) >= 11 is 0. The summed E-state index contributed by atoms with van der Waals surface area (Å²) in [5.41, 5.74) is 1.70. The van der Waals surface area contributed by atoms with Gasteiger partial charge in [-0.25, -0.2) is 0 Å². The van der Waals surface area contributed by atoms with Crippen LogP contribution >= 0.6 is 0 Å². The Kier molecular flexibility index (Phi) is 4.13. The summed E-state index contributed by atoms with van der Waals surface area (Å²) < 4.78 is 10.4. The Labute approximate surface area is 112 Å². The van der Waals surface area contributed by atoms with Crippen molar-refractivity contribution in [3.8, 4) is 11.5 Å². The molecule has 0 saturated heterocycles. The molecule has 1 heterocycles. The first-order valence-electron chi connectivity index (χ1n) is 5.87. The minimum Gasteiger partial charge on any atom is -0.493 e. The van der Waals surface area contributed by atoms with E-state index < -0.39 is 0 Å². The fourth-order valence-corrected chi connectivity index (χ4v) is 1.96. The first-order chi connectivity index (χ1) is 9.30. The highest BCUT2D eigenvalue weighted by molar-refractivity contribution is 5.69. The van der Waals surface area contributed by atoms with Crippen LogP contribution in [0.3, 0.4) is 0 Å². The summed E-state index contributed by atoms with van der Waals surface area (Å²) in [6.45, 7) is 0. The number of aldehydes is 1. The first-order valence-corrected chi connectivity index (χ1v) is 5.87. The Hall–Kier alpha value is -2.36. The average Bonchev–Trinajstić information content (AvgIpc) is 2.49. The van der Waals surface area contributed by atoms with Crippen LogP contribution < -0.4 is 9.47 Å². The monoisotopic (exact) mass is 257 g/mol. The van der Waals surface area contributed by atoms with Gasteiger partial charge in [0, 0.05) is 12.4 Å². The molecule has 0 aliphatic carbocycles. The van der Waals surface area contributed by atoms with Crippen LogP contribution in [0.25, 0.3) is 0 Å². The van der Waals surface area contributed by atoms with Crippen molar-refractivity contribution < 1.29 is 14.3 Å². The number of hydrogen-bond donors (Lipinski definition) is 0. The van der Waals surface area contributed by atoms with Gasteiger partial charge >= 0.3 is 0 Å². The van der Waals surface area contributed by atoms with Gasteiger partial charge in [0.05, 0.1) is 20.1 Å². The maximum atomic E-state index is 11.4. The molecule has 0 aliphatic heterocycles. The van der Waals surface area contributed by atoms with E-state index >= 15 is 0 Å². The zero-order valence-electron chi connectivity index (χ0n) is 10.9. The molecule has 4 heteroatoms. The smallest absolute Gasteiger partial charge is 0.161 e. The lowest BCUT2D eigenvalue weighted by molar-refractivity contribution is -0.108. The number of methoxy groups -OCH3 is 2. The zero-order chi connectivity index (χ0) is 13.7. The molecule has 0 saturated carbocycles. The van der Waals surface area contributed by atoms with Crippen molar-refractivity contribution in [3.05, 3.63) is 53.9 Å². The van der Waals surface area contributed by atoms with Gasteiger partial charge in [-0.1, -0.05) is 12.1 Å². The summed E-state index contributed by atoms with van der Waals surface area (Å²) in [4.78, 5) is 15.4. The SMILES string of the molecule is COc1ccc(C(C=O)c2cccnc2)cc1OC. The van der Waals surface area contributed by atoms with E-state index in [1.807, 2.05) is 24.3 Å². The third-order valence-electron chi connectivity index (χ3n) is 2.95. The van der Waals surface area contributed by atoms with E-state index in [0.717, 1.165) is 17.4 Å². The number of benzene rings is 1. The second kappa shape index (κ2) is 6.00. The summed E-state index contributed by atoms with van der Waals surface area (Å²) in [7, 11) is 3.15. The van der Waals surface area contributed by atoms with Gasteiger partial charge in [-0.2, -0.15) is 0 Å². The van der Waals surface area contributed by atoms with Crippen molar-refractivity contribution >= 4 is 6.29 Å². The molecule has 98 valence electrons. The van der Waals surface area contributed by atoms with Crippen LogP contribution in [-0.4, -0.2) is 25.5 Å². The van der Waals surface area contributed by atoms with E-state index in [4.69, 9.17) is 9.47 Å². The number of carbonyl (C=O) groups is 1. The molecule has 19 heavy (non-hydrogen) atoms. The number of nitrogens with zero attached hydrogens (tertiary/aromatic N) is 1. The van der Waals surface area contributed by atoms with E-state index in [1.165, 1.54) is 0 Å². The normalized spacial score (nSPS) is 11.7. The molecular formula is C15H15NO3. The molecule has 2 rings (SSSR count). The molecule has 0 bridgehead atoms. The number of carbonyl (C=O) groups excluding carboxylic acids is 1. The van der Waals surface area contributed by atoms with Crippen molar-refractivity contribution in [2.45, 2.75) is 5.92 Å². The van der Waals surface area contributed by atoms with Crippen molar-refractivity contribution in [3.63, 3.8) is 0 Å².